The molecular weight excluding hydrogens is 324 g/mol. The molecule has 120 valence electrons. The van der Waals surface area contributed by atoms with Gasteiger partial charge in [0.15, 0.2) is 5.01 Å². The lowest BCUT2D eigenvalue weighted by molar-refractivity contribution is 0.476. The molecule has 0 fully saturated rings. The van der Waals surface area contributed by atoms with Crippen molar-refractivity contribution in [2.45, 2.75) is 13.1 Å². The van der Waals surface area contributed by atoms with Gasteiger partial charge in [-0.3, -0.25) is 4.98 Å². The SMILES string of the molecule is c1ccc(-c2nnc(N(Cc3ccco3)Cc3ccco3)s2)nc1. The smallest absolute Gasteiger partial charge is 0.209 e. The molecule has 0 amide bonds. The van der Waals surface area contributed by atoms with E-state index in [1.54, 1.807) is 18.7 Å². The highest BCUT2D eigenvalue weighted by Crippen LogP contribution is 2.29. The molecule has 0 atom stereocenters. The normalized spacial score (nSPS) is 10.8. The number of anilines is 1. The second kappa shape index (κ2) is 6.67. The van der Waals surface area contributed by atoms with Crippen molar-refractivity contribution in [1.82, 2.24) is 15.2 Å². The van der Waals surface area contributed by atoms with Crippen molar-refractivity contribution in [2.24, 2.45) is 0 Å². The predicted molar refractivity (Wildman–Crippen MR) is 90.4 cm³/mol. The summed E-state index contributed by atoms with van der Waals surface area (Å²) in [5.74, 6) is 1.72. The van der Waals surface area contributed by atoms with Crippen molar-refractivity contribution in [2.75, 3.05) is 4.90 Å². The Morgan fingerprint density at radius 1 is 0.875 bits per heavy atom. The molecule has 4 aromatic rings. The monoisotopic (exact) mass is 338 g/mol. The summed E-state index contributed by atoms with van der Waals surface area (Å²) in [7, 11) is 0. The number of hydrogen-bond acceptors (Lipinski definition) is 7. The van der Waals surface area contributed by atoms with Crippen LogP contribution < -0.4 is 4.90 Å². The van der Waals surface area contributed by atoms with E-state index >= 15 is 0 Å². The maximum absolute atomic E-state index is 5.47. The molecule has 0 spiro atoms. The molecule has 0 aromatic carbocycles. The highest BCUT2D eigenvalue weighted by Gasteiger charge is 2.17. The minimum absolute atomic E-state index is 0.588. The summed E-state index contributed by atoms with van der Waals surface area (Å²) in [5.41, 5.74) is 0.817. The minimum Gasteiger partial charge on any atom is -0.467 e. The number of aromatic nitrogens is 3. The van der Waals surface area contributed by atoms with Crippen molar-refractivity contribution in [3.63, 3.8) is 0 Å². The lowest BCUT2D eigenvalue weighted by atomic mass is 10.3. The maximum Gasteiger partial charge on any atom is 0.209 e. The van der Waals surface area contributed by atoms with Gasteiger partial charge in [0.2, 0.25) is 5.13 Å². The third kappa shape index (κ3) is 3.21. The first-order valence-corrected chi connectivity index (χ1v) is 8.25. The van der Waals surface area contributed by atoms with E-state index in [-0.39, 0.29) is 0 Å². The van der Waals surface area contributed by atoms with E-state index in [4.69, 9.17) is 8.83 Å². The van der Waals surface area contributed by atoms with Crippen LogP contribution in [0.2, 0.25) is 0 Å². The zero-order valence-corrected chi connectivity index (χ0v) is 13.5. The summed E-state index contributed by atoms with van der Waals surface area (Å²) in [6, 6.07) is 13.4. The van der Waals surface area contributed by atoms with Crippen molar-refractivity contribution < 1.29 is 8.83 Å². The van der Waals surface area contributed by atoms with Gasteiger partial charge in [-0.2, -0.15) is 0 Å². The predicted octanol–water partition coefficient (Wildman–Crippen LogP) is 3.99. The van der Waals surface area contributed by atoms with Crippen LogP contribution in [0.1, 0.15) is 11.5 Å². The van der Waals surface area contributed by atoms with E-state index in [2.05, 4.69) is 20.1 Å². The van der Waals surface area contributed by atoms with Crippen LogP contribution in [0.15, 0.2) is 70.0 Å². The molecule has 4 rings (SSSR count). The fraction of sp³-hybridized carbons (Fsp3) is 0.118. The summed E-state index contributed by atoms with van der Waals surface area (Å²) in [5, 5.41) is 10.2. The Hall–Kier alpha value is -2.93. The number of hydrogen-bond donors (Lipinski definition) is 0. The average molecular weight is 338 g/mol. The molecule has 7 heteroatoms. The molecule has 0 bridgehead atoms. The van der Waals surface area contributed by atoms with Gasteiger partial charge >= 0.3 is 0 Å². The number of furan rings is 2. The van der Waals surface area contributed by atoms with Gasteiger partial charge in [-0.15, -0.1) is 10.2 Å². The quantitative estimate of drug-likeness (QED) is 0.529. The summed E-state index contributed by atoms with van der Waals surface area (Å²) in [6.07, 6.45) is 5.08. The van der Waals surface area contributed by atoms with E-state index in [1.165, 1.54) is 11.3 Å². The van der Waals surface area contributed by atoms with E-state index in [9.17, 15) is 0 Å². The van der Waals surface area contributed by atoms with Crippen LogP contribution in [0.25, 0.3) is 10.7 Å². The number of rotatable bonds is 6. The van der Waals surface area contributed by atoms with E-state index in [1.807, 2.05) is 42.5 Å². The number of nitrogens with zero attached hydrogens (tertiary/aromatic N) is 4. The average Bonchev–Trinajstić information content (AvgIpc) is 3.38. The first-order valence-electron chi connectivity index (χ1n) is 7.43. The molecule has 0 unspecified atom stereocenters. The Kier molecular flexibility index (Phi) is 4.07. The Balaban J connectivity index is 1.61. The van der Waals surface area contributed by atoms with Crippen molar-refractivity contribution in [3.05, 3.63) is 72.7 Å². The van der Waals surface area contributed by atoms with Crippen molar-refractivity contribution >= 4 is 16.5 Å². The molecule has 6 nitrogen and oxygen atoms in total. The Morgan fingerprint density at radius 2 is 1.62 bits per heavy atom. The Labute approximate surface area is 142 Å². The topological polar surface area (TPSA) is 68.2 Å². The summed E-state index contributed by atoms with van der Waals surface area (Å²) in [6.45, 7) is 1.18. The van der Waals surface area contributed by atoms with Crippen LogP contribution in [0.4, 0.5) is 5.13 Å². The standard InChI is InChI=1S/C17H14N4O2S/c1-2-8-18-15(7-1)16-19-20-17(24-16)21(11-13-5-3-9-22-13)12-14-6-4-10-23-14/h1-10H,11-12H2. The Bertz CT molecular complexity index is 836. The zero-order chi connectivity index (χ0) is 16.2. The highest BCUT2D eigenvalue weighted by molar-refractivity contribution is 7.18. The molecule has 0 aliphatic rings. The van der Waals surface area contributed by atoms with Crippen LogP contribution in [0, 0.1) is 0 Å². The van der Waals surface area contributed by atoms with E-state index in [0.29, 0.717) is 13.1 Å². The van der Waals surface area contributed by atoms with E-state index in [0.717, 1.165) is 27.4 Å². The van der Waals surface area contributed by atoms with E-state index < -0.39 is 0 Å². The molecule has 0 radical (unpaired) electrons. The largest absolute Gasteiger partial charge is 0.467 e. The van der Waals surface area contributed by atoms with Gasteiger partial charge in [0.25, 0.3) is 0 Å². The van der Waals surface area contributed by atoms with Gasteiger partial charge in [0.1, 0.15) is 17.2 Å². The Morgan fingerprint density at radius 3 is 2.21 bits per heavy atom. The van der Waals surface area contributed by atoms with Crippen LogP contribution in [0.3, 0.4) is 0 Å². The molecule has 0 aliphatic heterocycles. The van der Waals surface area contributed by atoms with Crippen LogP contribution in [-0.2, 0) is 13.1 Å². The first kappa shape index (κ1) is 14.6. The fourth-order valence-electron chi connectivity index (χ4n) is 2.31. The second-order valence-electron chi connectivity index (χ2n) is 5.12. The molecule has 0 N–H and O–H groups in total. The van der Waals surface area contributed by atoms with Crippen LogP contribution in [-0.4, -0.2) is 15.2 Å². The molecule has 0 aliphatic carbocycles. The molecule has 4 aromatic heterocycles. The summed E-state index contributed by atoms with van der Waals surface area (Å²) in [4.78, 5) is 6.40. The third-order valence-electron chi connectivity index (χ3n) is 3.42. The summed E-state index contributed by atoms with van der Waals surface area (Å²) < 4.78 is 10.9. The second-order valence-corrected chi connectivity index (χ2v) is 6.08. The maximum atomic E-state index is 5.47. The van der Waals surface area contributed by atoms with Gasteiger partial charge in [-0.25, -0.2) is 0 Å². The molecule has 24 heavy (non-hydrogen) atoms. The molecule has 4 heterocycles. The van der Waals surface area contributed by atoms with Gasteiger partial charge in [-0.1, -0.05) is 17.4 Å². The lowest BCUT2D eigenvalue weighted by Crippen LogP contribution is -2.21. The van der Waals surface area contributed by atoms with Crippen molar-refractivity contribution in [3.8, 4) is 10.7 Å². The lowest BCUT2D eigenvalue weighted by Gasteiger charge is -2.18. The third-order valence-corrected chi connectivity index (χ3v) is 4.43. The molecule has 0 saturated heterocycles. The fourth-order valence-corrected chi connectivity index (χ4v) is 3.13. The highest BCUT2D eigenvalue weighted by atomic mass is 32.1. The number of pyridine rings is 1. The van der Waals surface area contributed by atoms with Crippen molar-refractivity contribution in [1.29, 1.82) is 0 Å². The van der Waals surface area contributed by atoms with Gasteiger partial charge in [0, 0.05) is 6.20 Å². The van der Waals surface area contributed by atoms with Crippen LogP contribution in [0.5, 0.6) is 0 Å². The van der Waals surface area contributed by atoms with Gasteiger partial charge in [0.05, 0.1) is 25.6 Å². The van der Waals surface area contributed by atoms with Crippen LogP contribution >= 0.6 is 11.3 Å². The summed E-state index contributed by atoms with van der Waals surface area (Å²) >= 11 is 1.50. The van der Waals surface area contributed by atoms with Gasteiger partial charge in [-0.05, 0) is 36.4 Å². The van der Waals surface area contributed by atoms with Gasteiger partial charge < -0.3 is 13.7 Å². The zero-order valence-electron chi connectivity index (χ0n) is 12.7. The molecular formula is C17H14N4O2S. The first-order chi connectivity index (χ1) is 11.9. The minimum atomic E-state index is 0.588. The molecule has 0 saturated carbocycles.